The van der Waals surface area contributed by atoms with Crippen LogP contribution in [-0.4, -0.2) is 22.2 Å². The van der Waals surface area contributed by atoms with E-state index in [1.807, 2.05) is 0 Å². The molecule has 0 atom stereocenters. The van der Waals surface area contributed by atoms with Gasteiger partial charge in [-0.1, -0.05) is 12.1 Å². The molecule has 1 aromatic heterocycles. The van der Waals surface area contributed by atoms with E-state index >= 15 is 0 Å². The number of amides is 1. The van der Waals surface area contributed by atoms with Crippen LogP contribution in [0, 0.1) is 0 Å². The summed E-state index contributed by atoms with van der Waals surface area (Å²) in [6.45, 7) is 0. The third kappa shape index (κ3) is 3.06. The zero-order valence-electron chi connectivity index (χ0n) is 9.83. The van der Waals surface area contributed by atoms with E-state index in [0.29, 0.717) is 5.56 Å². The van der Waals surface area contributed by atoms with Gasteiger partial charge in [-0.2, -0.15) is 5.10 Å². The SMILES string of the molecule is O=C(NN=Cc1ccccc1O)c1ccc[nH]c1=O. The number of rotatable bonds is 3. The lowest BCUT2D eigenvalue weighted by molar-refractivity contribution is 0.0953. The fourth-order valence-electron chi connectivity index (χ4n) is 1.42. The maximum Gasteiger partial charge on any atom is 0.276 e. The van der Waals surface area contributed by atoms with Crippen LogP contribution in [0.4, 0.5) is 0 Å². The topological polar surface area (TPSA) is 94.5 Å². The number of para-hydroxylation sites is 1. The number of phenolic OH excluding ortho intramolecular Hbond substituents is 1. The van der Waals surface area contributed by atoms with Crippen molar-refractivity contribution in [1.29, 1.82) is 0 Å². The quantitative estimate of drug-likeness (QED) is 0.561. The van der Waals surface area contributed by atoms with Gasteiger partial charge >= 0.3 is 0 Å². The number of carbonyl (C=O) groups excluding carboxylic acids is 1. The molecule has 0 fully saturated rings. The van der Waals surface area contributed by atoms with Crippen LogP contribution in [0.1, 0.15) is 15.9 Å². The summed E-state index contributed by atoms with van der Waals surface area (Å²) in [6, 6.07) is 9.48. The Morgan fingerprint density at radius 3 is 2.79 bits per heavy atom. The van der Waals surface area contributed by atoms with Crippen molar-refractivity contribution in [3.05, 3.63) is 64.1 Å². The fraction of sp³-hybridized carbons (Fsp3) is 0. The van der Waals surface area contributed by atoms with Gasteiger partial charge in [0.1, 0.15) is 11.3 Å². The van der Waals surface area contributed by atoms with Crippen LogP contribution in [0.25, 0.3) is 0 Å². The van der Waals surface area contributed by atoms with E-state index in [9.17, 15) is 14.7 Å². The van der Waals surface area contributed by atoms with Gasteiger partial charge in [0.15, 0.2) is 0 Å². The summed E-state index contributed by atoms with van der Waals surface area (Å²) in [7, 11) is 0. The maximum atomic E-state index is 11.6. The van der Waals surface area contributed by atoms with Gasteiger partial charge in [0.05, 0.1) is 6.21 Å². The van der Waals surface area contributed by atoms with E-state index in [4.69, 9.17) is 0 Å². The number of hydrogen-bond donors (Lipinski definition) is 3. The van der Waals surface area contributed by atoms with E-state index in [0.717, 1.165) is 0 Å². The molecule has 19 heavy (non-hydrogen) atoms. The van der Waals surface area contributed by atoms with Gasteiger partial charge in [-0.05, 0) is 24.3 Å². The minimum Gasteiger partial charge on any atom is -0.507 e. The van der Waals surface area contributed by atoms with Gasteiger partial charge in [0.2, 0.25) is 0 Å². The number of hydrazone groups is 1. The highest BCUT2D eigenvalue weighted by Crippen LogP contribution is 2.12. The number of aromatic hydroxyl groups is 1. The fourth-order valence-corrected chi connectivity index (χ4v) is 1.42. The predicted octanol–water partition coefficient (Wildman–Crippen LogP) is 0.844. The molecule has 2 rings (SSSR count). The molecule has 1 amide bonds. The highest BCUT2D eigenvalue weighted by molar-refractivity contribution is 5.94. The van der Waals surface area contributed by atoms with Gasteiger partial charge in [-0.3, -0.25) is 9.59 Å². The van der Waals surface area contributed by atoms with Gasteiger partial charge < -0.3 is 10.1 Å². The molecular weight excluding hydrogens is 246 g/mol. The first-order valence-corrected chi connectivity index (χ1v) is 5.47. The van der Waals surface area contributed by atoms with Crippen LogP contribution in [0.5, 0.6) is 5.75 Å². The van der Waals surface area contributed by atoms with E-state index in [1.165, 1.54) is 24.5 Å². The van der Waals surface area contributed by atoms with Crippen LogP contribution in [0.3, 0.4) is 0 Å². The molecule has 0 saturated heterocycles. The normalized spacial score (nSPS) is 10.5. The second-order valence-corrected chi connectivity index (χ2v) is 3.67. The van der Waals surface area contributed by atoms with Crippen LogP contribution in [0.15, 0.2) is 52.5 Å². The summed E-state index contributed by atoms with van der Waals surface area (Å²) in [5.74, 6) is -0.563. The number of hydrogen-bond acceptors (Lipinski definition) is 4. The number of pyridine rings is 1. The first kappa shape index (κ1) is 12.6. The lowest BCUT2D eigenvalue weighted by Crippen LogP contribution is -2.25. The summed E-state index contributed by atoms with van der Waals surface area (Å²) in [5, 5.41) is 13.2. The second-order valence-electron chi connectivity index (χ2n) is 3.67. The lowest BCUT2D eigenvalue weighted by atomic mass is 10.2. The molecule has 96 valence electrons. The summed E-state index contributed by atoms with van der Waals surface area (Å²) in [4.78, 5) is 25.4. The largest absolute Gasteiger partial charge is 0.507 e. The number of phenols is 1. The van der Waals surface area contributed by atoms with Crippen molar-refractivity contribution in [3.8, 4) is 5.75 Å². The van der Waals surface area contributed by atoms with Crippen molar-refractivity contribution >= 4 is 12.1 Å². The zero-order valence-corrected chi connectivity index (χ0v) is 9.83. The molecule has 0 bridgehead atoms. The van der Waals surface area contributed by atoms with Gasteiger partial charge in [0, 0.05) is 11.8 Å². The van der Waals surface area contributed by atoms with E-state index in [1.54, 1.807) is 24.3 Å². The van der Waals surface area contributed by atoms with Crippen molar-refractivity contribution in [2.24, 2.45) is 5.10 Å². The number of aromatic amines is 1. The monoisotopic (exact) mass is 257 g/mol. The zero-order chi connectivity index (χ0) is 13.7. The Labute approximate surface area is 108 Å². The van der Waals surface area contributed by atoms with E-state index in [2.05, 4.69) is 15.5 Å². The lowest BCUT2D eigenvalue weighted by Gasteiger charge is -1.99. The Kier molecular flexibility index (Phi) is 3.72. The highest BCUT2D eigenvalue weighted by atomic mass is 16.3. The number of nitrogens with one attached hydrogen (secondary N) is 2. The van der Waals surface area contributed by atoms with Gasteiger partial charge in [0.25, 0.3) is 11.5 Å². The van der Waals surface area contributed by atoms with Crippen molar-refractivity contribution < 1.29 is 9.90 Å². The average Bonchev–Trinajstić information content (AvgIpc) is 2.41. The van der Waals surface area contributed by atoms with E-state index in [-0.39, 0.29) is 11.3 Å². The Balaban J connectivity index is 2.08. The van der Waals surface area contributed by atoms with Crippen molar-refractivity contribution in [2.75, 3.05) is 0 Å². The Morgan fingerprint density at radius 2 is 2.05 bits per heavy atom. The molecule has 0 aliphatic carbocycles. The minimum absolute atomic E-state index is 0.0306. The van der Waals surface area contributed by atoms with E-state index < -0.39 is 11.5 Å². The number of nitrogens with zero attached hydrogens (tertiary/aromatic N) is 1. The third-order valence-corrected chi connectivity index (χ3v) is 2.37. The van der Waals surface area contributed by atoms with Crippen molar-refractivity contribution in [2.45, 2.75) is 0 Å². The van der Waals surface area contributed by atoms with Gasteiger partial charge in [-0.25, -0.2) is 5.43 Å². The average molecular weight is 257 g/mol. The molecule has 1 aromatic carbocycles. The molecule has 0 radical (unpaired) electrons. The first-order valence-electron chi connectivity index (χ1n) is 5.47. The second kappa shape index (κ2) is 5.63. The molecule has 1 heterocycles. The molecular formula is C13H11N3O3. The predicted molar refractivity (Wildman–Crippen MR) is 70.2 cm³/mol. The Hall–Kier alpha value is -2.89. The molecule has 0 aliphatic heterocycles. The minimum atomic E-state index is -0.617. The number of carbonyl (C=O) groups is 1. The number of aromatic nitrogens is 1. The highest BCUT2D eigenvalue weighted by Gasteiger charge is 2.07. The molecule has 0 aliphatic rings. The van der Waals surface area contributed by atoms with Crippen LogP contribution in [-0.2, 0) is 0 Å². The molecule has 6 nitrogen and oxygen atoms in total. The molecule has 6 heteroatoms. The summed E-state index contributed by atoms with van der Waals surface area (Å²) < 4.78 is 0. The first-order chi connectivity index (χ1) is 9.18. The summed E-state index contributed by atoms with van der Waals surface area (Å²) >= 11 is 0. The Morgan fingerprint density at radius 1 is 1.26 bits per heavy atom. The van der Waals surface area contributed by atoms with Crippen molar-refractivity contribution in [1.82, 2.24) is 10.4 Å². The standard InChI is InChI=1S/C13H11N3O3/c17-11-6-2-1-4-9(11)8-15-16-13(19)10-5-3-7-14-12(10)18/h1-8,17H,(H,14,18)(H,16,19). The van der Waals surface area contributed by atoms with Crippen LogP contribution in [0.2, 0.25) is 0 Å². The number of benzene rings is 1. The molecule has 0 saturated carbocycles. The van der Waals surface area contributed by atoms with Crippen LogP contribution < -0.4 is 11.0 Å². The van der Waals surface area contributed by atoms with Gasteiger partial charge in [-0.15, -0.1) is 0 Å². The van der Waals surface area contributed by atoms with Crippen LogP contribution >= 0.6 is 0 Å². The summed E-state index contributed by atoms with van der Waals surface area (Å²) in [5.41, 5.74) is 2.16. The summed E-state index contributed by atoms with van der Waals surface area (Å²) in [6.07, 6.45) is 2.73. The third-order valence-electron chi connectivity index (χ3n) is 2.37. The molecule has 0 unspecified atom stereocenters. The maximum absolute atomic E-state index is 11.6. The molecule has 2 aromatic rings. The molecule has 3 N–H and O–H groups in total. The van der Waals surface area contributed by atoms with Crippen molar-refractivity contribution in [3.63, 3.8) is 0 Å². The molecule has 0 spiro atoms. The smallest absolute Gasteiger partial charge is 0.276 e. The Bertz CT molecular complexity index is 677. The number of H-pyrrole nitrogens is 1.